The van der Waals surface area contributed by atoms with E-state index in [9.17, 15) is 30.2 Å². The Morgan fingerprint density at radius 2 is 1.15 bits per heavy atom. The zero-order valence-electron chi connectivity index (χ0n) is 44.9. The quantitative estimate of drug-likeness (QED) is 0.0837. The van der Waals surface area contributed by atoms with E-state index in [4.69, 9.17) is 15.0 Å². The summed E-state index contributed by atoms with van der Waals surface area (Å²) in [5.74, 6) is -0.330. The van der Waals surface area contributed by atoms with Gasteiger partial charge in [-0.05, 0) is 74.6 Å². The monoisotopic (exact) mass is 1090 g/mol. The number of H-pyrrole nitrogens is 1. The van der Waals surface area contributed by atoms with E-state index >= 15 is 0 Å². The first kappa shape index (κ1) is 52.4. The molecular weight excluding hydrogens is 1040 g/mol. The van der Waals surface area contributed by atoms with Crippen molar-refractivity contribution in [2.45, 2.75) is 82.1 Å². The highest BCUT2D eigenvalue weighted by Gasteiger charge is 2.36. The normalized spacial score (nSPS) is 19.1. The Hall–Kier alpha value is -10.3. The van der Waals surface area contributed by atoms with Gasteiger partial charge in [0.25, 0.3) is 0 Å². The smallest absolute Gasteiger partial charge is 0.236 e. The molecule has 12 heterocycles. The highest BCUT2D eigenvalue weighted by molar-refractivity contribution is 6.00. The van der Waals surface area contributed by atoms with E-state index in [1.807, 2.05) is 80.4 Å². The number of nitrogens with zero attached hydrogens (tertiary/aromatic N) is 16. The summed E-state index contributed by atoms with van der Waals surface area (Å²) in [5.41, 5.74) is 8.96. The van der Waals surface area contributed by atoms with Crippen molar-refractivity contribution in [3.8, 4) is 52.1 Å². The summed E-state index contributed by atoms with van der Waals surface area (Å²) in [7, 11) is 0. The van der Waals surface area contributed by atoms with Crippen molar-refractivity contribution in [1.29, 1.82) is 15.8 Å². The first-order valence-corrected chi connectivity index (χ1v) is 27.3. The number of nitrogens with one attached hydrogen (secondary N) is 4. The molecule has 5 atom stereocenters. The number of hydrogen-bond acceptors (Lipinski definition) is 17. The fourth-order valence-electron chi connectivity index (χ4n) is 12.0. The lowest BCUT2D eigenvalue weighted by molar-refractivity contribution is -0.132. The number of rotatable bonds is 14. The van der Waals surface area contributed by atoms with Crippen LogP contribution in [0.25, 0.3) is 67.0 Å². The van der Waals surface area contributed by atoms with Crippen LogP contribution in [0.1, 0.15) is 62.6 Å². The molecule has 0 aliphatic carbocycles. The fourth-order valence-corrected chi connectivity index (χ4v) is 12.0. The first-order chi connectivity index (χ1) is 40.1. The molecule has 3 amide bonds. The van der Waals surface area contributed by atoms with Gasteiger partial charge in [0.05, 0.1) is 64.3 Å². The van der Waals surface area contributed by atoms with E-state index in [1.165, 1.54) is 6.33 Å². The van der Waals surface area contributed by atoms with Crippen LogP contribution in [0.3, 0.4) is 0 Å². The van der Waals surface area contributed by atoms with Gasteiger partial charge in [0, 0.05) is 147 Å². The van der Waals surface area contributed by atoms with Crippen molar-refractivity contribution < 1.29 is 14.4 Å². The van der Waals surface area contributed by atoms with E-state index in [0.717, 1.165) is 62.8 Å². The number of fused-ring (bicyclic) bond motifs is 3. The van der Waals surface area contributed by atoms with Crippen molar-refractivity contribution >= 4 is 67.9 Å². The number of anilines is 3. The molecule has 0 radical (unpaired) electrons. The summed E-state index contributed by atoms with van der Waals surface area (Å²) in [6, 6.07) is 18.3. The van der Waals surface area contributed by atoms with Crippen molar-refractivity contribution in [2.75, 3.05) is 55.2 Å². The maximum Gasteiger partial charge on any atom is 0.236 e. The van der Waals surface area contributed by atoms with Gasteiger partial charge < -0.3 is 44.8 Å². The Kier molecular flexibility index (Phi) is 14.6. The number of aromatic nitrogens is 11. The van der Waals surface area contributed by atoms with Gasteiger partial charge in [0.1, 0.15) is 42.5 Å². The number of amides is 3. The van der Waals surface area contributed by atoms with Crippen molar-refractivity contribution in [1.82, 2.24) is 68.7 Å². The third-order valence-corrected chi connectivity index (χ3v) is 15.8. The predicted octanol–water partition coefficient (Wildman–Crippen LogP) is 7.20. The second kappa shape index (κ2) is 22.8. The largest absolute Gasteiger partial charge is 0.379 e. The Bertz CT molecular complexity index is 3990. The zero-order valence-corrected chi connectivity index (χ0v) is 44.9. The lowest BCUT2D eigenvalue weighted by atomic mass is 9.98. The second-order valence-electron chi connectivity index (χ2n) is 21.1. The van der Waals surface area contributed by atoms with Gasteiger partial charge in [0.15, 0.2) is 5.82 Å². The SMILES string of the molecule is Cc1ccc(-c2cnc3c(ccn3C3C[C@@H](Nc4c(-c5ncccn5)cnc5c4ccn5C4C[C@@H](Nc5c(-c6ccncn6)cnc6[nH]ccc56)CN(C(=O)CC#N)C4)CN(C(=O)CC#N)C3)c2N[C@@H]2CCCN(C(=O)CC#N)C2)nc1. The molecule has 82 heavy (non-hydrogen) atoms. The molecule has 23 nitrogen and oxygen atoms in total. The summed E-state index contributed by atoms with van der Waals surface area (Å²) in [4.78, 5) is 86.7. The minimum atomic E-state index is -0.375. The second-order valence-corrected chi connectivity index (χ2v) is 21.1. The molecule has 3 fully saturated rings. The number of likely N-dealkylation sites (tertiary alicyclic amines) is 3. The number of pyridine rings is 4. The zero-order chi connectivity index (χ0) is 56.3. The number of hydrogen-bond donors (Lipinski definition) is 4. The van der Waals surface area contributed by atoms with Crippen molar-refractivity contribution in [2.24, 2.45) is 0 Å². The maximum atomic E-state index is 14.0. The van der Waals surface area contributed by atoms with Crippen LogP contribution in [0.5, 0.6) is 0 Å². The Morgan fingerprint density at radius 3 is 1.74 bits per heavy atom. The Morgan fingerprint density at radius 1 is 0.585 bits per heavy atom. The number of nitriles is 3. The van der Waals surface area contributed by atoms with Gasteiger partial charge in [-0.3, -0.25) is 19.4 Å². The summed E-state index contributed by atoms with van der Waals surface area (Å²) in [5, 5.41) is 42.8. The van der Waals surface area contributed by atoms with Crippen LogP contribution in [0.2, 0.25) is 0 Å². The molecule has 12 rings (SSSR count). The van der Waals surface area contributed by atoms with Crippen LogP contribution in [-0.4, -0.2) is 144 Å². The minimum Gasteiger partial charge on any atom is -0.379 e. The minimum absolute atomic E-state index is 0.111. The molecular formula is C59H56N20O3. The molecule has 3 saturated heterocycles. The third-order valence-electron chi connectivity index (χ3n) is 15.8. The van der Waals surface area contributed by atoms with Gasteiger partial charge in [-0.1, -0.05) is 6.07 Å². The first-order valence-electron chi connectivity index (χ1n) is 27.3. The lowest BCUT2D eigenvalue weighted by Gasteiger charge is -2.39. The van der Waals surface area contributed by atoms with Gasteiger partial charge in [0.2, 0.25) is 17.7 Å². The lowest BCUT2D eigenvalue weighted by Crippen LogP contribution is -2.49. The number of carbonyl (C=O) groups is 3. The topological polar surface area (TPSA) is 297 Å². The number of aryl methyl sites for hydroxylation is 1. The molecule has 2 unspecified atom stereocenters. The van der Waals surface area contributed by atoms with Crippen LogP contribution < -0.4 is 16.0 Å². The molecule has 0 aromatic carbocycles. The molecule has 0 spiro atoms. The Balaban J connectivity index is 0.899. The summed E-state index contributed by atoms with van der Waals surface area (Å²) < 4.78 is 4.19. The van der Waals surface area contributed by atoms with Gasteiger partial charge >= 0.3 is 0 Å². The average Bonchev–Trinajstić information content (AvgIpc) is 4.41. The molecule has 0 saturated carbocycles. The van der Waals surface area contributed by atoms with E-state index in [2.05, 4.69) is 67.1 Å². The van der Waals surface area contributed by atoms with E-state index in [-0.39, 0.29) is 73.7 Å². The van der Waals surface area contributed by atoms with Crippen LogP contribution in [-0.2, 0) is 14.4 Å². The molecule has 3 aliphatic heterocycles. The highest BCUT2D eigenvalue weighted by atomic mass is 16.2. The number of carbonyl (C=O) groups excluding carboxylic acids is 3. The van der Waals surface area contributed by atoms with Crippen molar-refractivity contribution in [3.05, 3.63) is 116 Å². The number of piperidine rings is 3. The Labute approximate surface area is 470 Å². The van der Waals surface area contributed by atoms with Gasteiger partial charge in [-0.2, -0.15) is 15.8 Å². The molecule has 3 aliphatic rings. The molecule has 9 aromatic heterocycles. The van der Waals surface area contributed by atoms with Crippen LogP contribution in [0.4, 0.5) is 17.1 Å². The standard InChI is InChI=1S/C59H56N20O3/c1-36-5-6-48(67-26-36)46-28-69-58-43(54(46)72-37-4-2-21-75(30-37)50(80)7-14-60)12-22-78(58)41-25-39(32-77(34-41)52(82)9-16-62)74-55-44-13-23-79(59(44)70-29-47(55)57-64-17-3-18-65-57)40-24-38(31-76(33-40)51(81)8-15-61)73-53-42-10-20-66-56(42)68-27-45(53)49-11-19-63-35-71-49/h3,5-6,10-13,17-20,22-23,26-29,35,37-41H,2,4,7-9,21,24-25,30-34H2,1H3,(H,69,72)(H,70,74)(H2,66,68,73)/t37-,38-,39-,40?,41?/m1/s1. The van der Waals surface area contributed by atoms with E-state index in [1.54, 1.807) is 51.8 Å². The number of aromatic amines is 1. The molecule has 9 aromatic rings. The van der Waals surface area contributed by atoms with Gasteiger partial charge in [-0.15, -0.1) is 0 Å². The van der Waals surface area contributed by atoms with E-state index < -0.39 is 0 Å². The van der Waals surface area contributed by atoms with Crippen LogP contribution in [0.15, 0.2) is 111 Å². The summed E-state index contributed by atoms with van der Waals surface area (Å²) in [6.45, 7) is 4.28. The molecule has 4 N–H and O–H groups in total. The molecule has 23 heteroatoms. The average molecular weight is 1090 g/mol. The van der Waals surface area contributed by atoms with E-state index in [0.29, 0.717) is 85.3 Å². The van der Waals surface area contributed by atoms with Crippen molar-refractivity contribution in [3.63, 3.8) is 0 Å². The molecule has 0 bridgehead atoms. The summed E-state index contributed by atoms with van der Waals surface area (Å²) in [6.07, 6.45) is 21.5. The third kappa shape index (κ3) is 10.4. The highest BCUT2D eigenvalue weighted by Crippen LogP contribution is 2.41. The summed E-state index contributed by atoms with van der Waals surface area (Å²) >= 11 is 0. The van der Waals surface area contributed by atoms with Crippen LogP contribution >= 0.6 is 0 Å². The van der Waals surface area contributed by atoms with Crippen LogP contribution in [0, 0.1) is 40.9 Å². The predicted molar refractivity (Wildman–Crippen MR) is 305 cm³/mol. The maximum absolute atomic E-state index is 14.0. The fraction of sp³-hybridized carbons (Fsp3) is 0.322. The molecule has 410 valence electrons. The van der Waals surface area contributed by atoms with Gasteiger partial charge in [-0.25, -0.2) is 34.9 Å².